The number of nitrogens with zero attached hydrogens (tertiary/aromatic N) is 2. The Morgan fingerprint density at radius 3 is 1.83 bits per heavy atom. The smallest absolute Gasteiger partial charge is 0.329 e. The molecule has 244 valence electrons. The van der Waals surface area contributed by atoms with Crippen molar-refractivity contribution in [2.45, 2.75) is 83.0 Å². The molecule has 0 aromatic heterocycles. The van der Waals surface area contributed by atoms with Crippen LogP contribution in [0.15, 0.2) is 91.0 Å². The molecule has 0 bridgehead atoms. The molecule has 3 aromatic carbocycles. The first-order valence-corrected chi connectivity index (χ1v) is 18.6. The molecular formula is C37H46N3O5P. The van der Waals surface area contributed by atoms with E-state index in [0.717, 1.165) is 16.7 Å². The fourth-order valence-electron chi connectivity index (χ4n) is 6.58. The van der Waals surface area contributed by atoms with Crippen LogP contribution in [0.3, 0.4) is 0 Å². The first-order valence-electron chi connectivity index (χ1n) is 16.5. The summed E-state index contributed by atoms with van der Waals surface area (Å²) in [5.41, 5.74) is 2.77. The lowest BCUT2D eigenvalue weighted by Gasteiger charge is -2.35. The molecule has 2 amide bonds. The molecule has 5 rings (SSSR count). The molecule has 8 nitrogen and oxygen atoms in total. The van der Waals surface area contributed by atoms with Gasteiger partial charge in [0.2, 0.25) is 11.8 Å². The van der Waals surface area contributed by atoms with Gasteiger partial charge in [0.15, 0.2) is 7.29 Å². The quantitative estimate of drug-likeness (QED) is 0.171. The number of nitrogens with one attached hydrogen (secondary N) is 1. The third-order valence-corrected chi connectivity index (χ3v) is 11.8. The maximum Gasteiger partial charge on any atom is 0.329 e. The lowest BCUT2D eigenvalue weighted by molar-refractivity contribution is -0.156. The van der Waals surface area contributed by atoms with Gasteiger partial charge in [-0.2, -0.15) is 0 Å². The predicted octanol–water partition coefficient (Wildman–Crippen LogP) is 6.39. The zero-order valence-electron chi connectivity index (χ0n) is 26.9. The van der Waals surface area contributed by atoms with Gasteiger partial charge < -0.3 is 19.1 Å². The summed E-state index contributed by atoms with van der Waals surface area (Å²) in [6.07, 6.45) is 3.80. The van der Waals surface area contributed by atoms with E-state index in [1.165, 1.54) is 0 Å². The highest BCUT2D eigenvalue weighted by Gasteiger charge is 2.45. The maximum atomic E-state index is 14.8. The number of rotatable bonds is 13. The van der Waals surface area contributed by atoms with Crippen molar-refractivity contribution >= 4 is 25.1 Å². The van der Waals surface area contributed by atoms with Crippen molar-refractivity contribution in [1.29, 1.82) is 0 Å². The Morgan fingerprint density at radius 1 is 0.783 bits per heavy atom. The van der Waals surface area contributed by atoms with Gasteiger partial charge in [0, 0.05) is 25.4 Å². The fourth-order valence-corrected chi connectivity index (χ4v) is 9.34. The van der Waals surface area contributed by atoms with E-state index in [1.807, 2.05) is 105 Å². The third-order valence-electron chi connectivity index (χ3n) is 9.27. The van der Waals surface area contributed by atoms with Crippen LogP contribution in [-0.4, -0.2) is 58.8 Å². The minimum absolute atomic E-state index is 0.115. The minimum Gasteiger partial charge on any atom is -0.459 e. The van der Waals surface area contributed by atoms with Gasteiger partial charge in [0.25, 0.3) is 0 Å². The highest BCUT2D eigenvalue weighted by atomic mass is 31.2. The van der Waals surface area contributed by atoms with Crippen LogP contribution in [0, 0.1) is 5.92 Å². The van der Waals surface area contributed by atoms with Crippen LogP contribution in [0.5, 0.6) is 0 Å². The molecule has 4 atom stereocenters. The molecule has 2 fully saturated rings. The monoisotopic (exact) mass is 643 g/mol. The van der Waals surface area contributed by atoms with Crippen molar-refractivity contribution in [3.8, 4) is 0 Å². The average molecular weight is 644 g/mol. The number of carbonyl (C=O) groups is 3. The van der Waals surface area contributed by atoms with Crippen molar-refractivity contribution in [2.24, 2.45) is 5.92 Å². The summed E-state index contributed by atoms with van der Waals surface area (Å²) in [4.78, 5) is 44.9. The predicted molar refractivity (Wildman–Crippen MR) is 180 cm³/mol. The molecule has 1 N–H and O–H groups in total. The van der Waals surface area contributed by atoms with Crippen LogP contribution in [-0.2, 0) is 42.6 Å². The highest BCUT2D eigenvalue weighted by Crippen LogP contribution is 2.49. The second-order valence-electron chi connectivity index (χ2n) is 12.6. The Morgan fingerprint density at radius 2 is 1.28 bits per heavy atom. The summed E-state index contributed by atoms with van der Waals surface area (Å²) >= 11 is 0. The topological polar surface area (TPSA) is 96.0 Å². The van der Waals surface area contributed by atoms with E-state index in [9.17, 15) is 18.9 Å². The van der Waals surface area contributed by atoms with Crippen molar-refractivity contribution in [3.63, 3.8) is 0 Å². The van der Waals surface area contributed by atoms with Gasteiger partial charge in [-0.25, -0.2) is 4.79 Å². The molecule has 2 heterocycles. The third kappa shape index (κ3) is 8.34. The number of benzene rings is 3. The second-order valence-corrected chi connectivity index (χ2v) is 15.3. The summed E-state index contributed by atoms with van der Waals surface area (Å²) in [5.74, 6) is -0.928. The molecule has 2 saturated heterocycles. The number of carbonyl (C=O) groups excluding carboxylic acids is 3. The fraction of sp³-hybridized carbons (Fsp3) is 0.432. The van der Waals surface area contributed by atoms with E-state index in [4.69, 9.17) is 4.74 Å². The van der Waals surface area contributed by atoms with Gasteiger partial charge in [0.05, 0.1) is 6.04 Å². The van der Waals surface area contributed by atoms with Gasteiger partial charge in [-0.1, -0.05) is 111 Å². The Hall–Kier alpha value is -3.74. The van der Waals surface area contributed by atoms with Crippen molar-refractivity contribution in [2.75, 3.05) is 13.1 Å². The van der Waals surface area contributed by atoms with Crippen molar-refractivity contribution < 1.29 is 23.7 Å². The van der Waals surface area contributed by atoms with Gasteiger partial charge in [-0.3, -0.25) is 14.7 Å². The number of amides is 2. The van der Waals surface area contributed by atoms with Crippen molar-refractivity contribution in [1.82, 2.24) is 14.9 Å². The molecule has 0 saturated carbocycles. The van der Waals surface area contributed by atoms with Gasteiger partial charge >= 0.3 is 5.97 Å². The van der Waals surface area contributed by atoms with Crippen LogP contribution in [0.4, 0.5) is 0 Å². The minimum atomic E-state index is -3.15. The van der Waals surface area contributed by atoms with E-state index in [-0.39, 0.29) is 24.3 Å². The zero-order chi connectivity index (χ0) is 32.5. The molecule has 0 spiro atoms. The molecule has 0 unspecified atom stereocenters. The second kappa shape index (κ2) is 15.7. The Labute approximate surface area is 272 Å². The van der Waals surface area contributed by atoms with E-state index >= 15 is 0 Å². The summed E-state index contributed by atoms with van der Waals surface area (Å²) in [5, 5.41) is 3.41. The van der Waals surface area contributed by atoms with E-state index in [2.05, 4.69) is 5.09 Å². The standard InChI is InChI=1S/C37H46N3O5P/c1-3-28(2)34(38-46(44,26-30-17-9-5-10-18-30)27-31-19-11-6-12-20-31)36(42)39-23-13-21-32(39)35(41)40-24-14-22-33(40)37(43)45-25-29-15-7-4-8-16-29/h4-12,15-20,28,32-34H,3,13-14,21-27H2,1-2H3,(H,38,44)/t28-,32-,33-,34-/m0/s1. The number of likely N-dealkylation sites (tertiary alicyclic amines) is 2. The molecule has 9 heteroatoms. The van der Waals surface area contributed by atoms with Gasteiger partial charge in [-0.05, 0) is 48.3 Å². The molecule has 0 aliphatic carbocycles. The first-order chi connectivity index (χ1) is 22.3. The van der Waals surface area contributed by atoms with Gasteiger partial charge in [0.1, 0.15) is 18.7 Å². The Bertz CT molecular complexity index is 1460. The largest absolute Gasteiger partial charge is 0.459 e. The highest BCUT2D eigenvalue weighted by molar-refractivity contribution is 7.60. The molecular weight excluding hydrogens is 597 g/mol. The maximum absolute atomic E-state index is 14.8. The molecule has 2 aliphatic rings. The average Bonchev–Trinajstić information content (AvgIpc) is 3.78. The van der Waals surface area contributed by atoms with E-state index < -0.39 is 31.4 Å². The van der Waals surface area contributed by atoms with Crippen molar-refractivity contribution in [3.05, 3.63) is 108 Å². The summed E-state index contributed by atoms with van der Waals surface area (Å²) in [7, 11) is -3.15. The van der Waals surface area contributed by atoms with Crippen LogP contribution in [0.1, 0.15) is 62.6 Å². The van der Waals surface area contributed by atoms with Crippen LogP contribution < -0.4 is 5.09 Å². The van der Waals surface area contributed by atoms with Crippen LogP contribution in [0.25, 0.3) is 0 Å². The Balaban J connectivity index is 1.33. The van der Waals surface area contributed by atoms with E-state index in [1.54, 1.807) is 9.80 Å². The molecule has 46 heavy (non-hydrogen) atoms. The number of ether oxygens (including phenoxy) is 1. The number of hydrogen-bond acceptors (Lipinski definition) is 5. The summed E-state index contributed by atoms with van der Waals surface area (Å²) < 4.78 is 20.4. The zero-order valence-corrected chi connectivity index (χ0v) is 27.8. The lowest BCUT2D eigenvalue weighted by Crippen LogP contribution is -2.55. The SMILES string of the molecule is CC[C@H](C)[C@H](NP(=O)(Cc1ccccc1)Cc1ccccc1)C(=O)N1CCC[C@H]1C(=O)N1CCC[C@H]1C(=O)OCc1ccccc1. The molecule has 3 aromatic rings. The number of hydrogen-bond donors (Lipinski definition) is 1. The van der Waals surface area contributed by atoms with Gasteiger partial charge in [-0.15, -0.1) is 0 Å². The molecule has 0 radical (unpaired) electrons. The number of esters is 1. The summed E-state index contributed by atoms with van der Waals surface area (Å²) in [6.45, 7) is 5.08. The van der Waals surface area contributed by atoms with Crippen LogP contribution in [0.2, 0.25) is 0 Å². The Kier molecular flexibility index (Phi) is 11.5. The normalized spacial score (nSPS) is 19.5. The van der Waals surface area contributed by atoms with Crippen LogP contribution >= 0.6 is 7.29 Å². The lowest BCUT2D eigenvalue weighted by atomic mass is 9.98. The summed E-state index contributed by atoms with van der Waals surface area (Å²) in [6, 6.07) is 26.9. The van der Waals surface area contributed by atoms with E-state index in [0.29, 0.717) is 57.5 Å². The molecule has 2 aliphatic heterocycles. The first kappa shape index (κ1) is 33.6.